The molecule has 0 unspecified atom stereocenters. The molecule has 1 rings (SSSR count). The molecule has 0 spiro atoms. The number of carbonyl (C=O) groups is 1. The van der Waals surface area contributed by atoms with Gasteiger partial charge in [-0.1, -0.05) is 6.07 Å². The third-order valence-corrected chi connectivity index (χ3v) is 4.87. The fourth-order valence-electron chi connectivity index (χ4n) is 0.614. The number of thiophene rings is 1. The first kappa shape index (κ1) is 10.4. The molecule has 8 heteroatoms. The highest BCUT2D eigenvalue weighted by Gasteiger charge is 2.25. The lowest BCUT2D eigenvalue weighted by atomic mass is 10.7. The van der Waals surface area contributed by atoms with Crippen LogP contribution >= 0.6 is 24.2 Å². The Balaban J connectivity index is 3.11. The molecular weight excluding hydrogens is 232 g/mol. The molecule has 0 aliphatic rings. The minimum atomic E-state index is -3.85. The molecule has 0 aliphatic carbocycles. The van der Waals surface area contributed by atoms with Crippen molar-refractivity contribution in [2.24, 2.45) is 5.73 Å². The van der Waals surface area contributed by atoms with Gasteiger partial charge in [0.1, 0.15) is 4.21 Å². The molecule has 0 atom stereocenters. The molecule has 0 aromatic carbocycles. The summed E-state index contributed by atoms with van der Waals surface area (Å²) in [6.07, 6.45) is 0. The molecule has 1 aromatic heterocycles. The van der Waals surface area contributed by atoms with E-state index in [0.717, 1.165) is 11.3 Å². The number of urea groups is 1. The second-order valence-electron chi connectivity index (χ2n) is 2.02. The monoisotopic (exact) mass is 238 g/mol. The quantitative estimate of drug-likeness (QED) is 0.743. The second-order valence-corrected chi connectivity index (χ2v) is 5.65. The number of hydrogen-bond donors (Lipinski definition) is 2. The Morgan fingerprint density at radius 3 is 2.62 bits per heavy atom. The highest BCUT2D eigenvalue weighted by atomic mass is 32.3. The first-order valence-corrected chi connectivity index (χ1v) is 5.75. The van der Waals surface area contributed by atoms with E-state index in [0.29, 0.717) is 0 Å². The van der Waals surface area contributed by atoms with Crippen molar-refractivity contribution in [1.29, 1.82) is 0 Å². The maximum atomic E-state index is 11.4. The Morgan fingerprint density at radius 1 is 1.62 bits per heavy atom. The number of rotatable bonds is 2. The molecule has 5 nitrogen and oxygen atoms in total. The van der Waals surface area contributed by atoms with Crippen LogP contribution in [0.25, 0.3) is 0 Å². The molecule has 13 heavy (non-hydrogen) atoms. The SMILES string of the molecule is NC(=O)N(S)S(=O)(=O)c1cccs1. The van der Waals surface area contributed by atoms with Crippen molar-refractivity contribution in [3.63, 3.8) is 0 Å². The predicted molar refractivity (Wildman–Crippen MR) is 51.9 cm³/mol. The van der Waals surface area contributed by atoms with Crippen molar-refractivity contribution in [3.8, 4) is 0 Å². The van der Waals surface area contributed by atoms with Crippen LogP contribution in [0.15, 0.2) is 21.7 Å². The Labute approximate surface area is 84.7 Å². The molecule has 1 aromatic rings. The van der Waals surface area contributed by atoms with E-state index in [4.69, 9.17) is 5.73 Å². The zero-order valence-electron chi connectivity index (χ0n) is 6.25. The van der Waals surface area contributed by atoms with Crippen LogP contribution in [0, 0.1) is 0 Å². The van der Waals surface area contributed by atoms with Crippen molar-refractivity contribution in [2.45, 2.75) is 4.21 Å². The second kappa shape index (κ2) is 3.56. The smallest absolute Gasteiger partial charge is 0.339 e. The summed E-state index contributed by atoms with van der Waals surface area (Å²) in [5.41, 5.74) is 4.76. The minimum Gasteiger partial charge on any atom is -0.350 e. The van der Waals surface area contributed by atoms with E-state index >= 15 is 0 Å². The lowest BCUT2D eigenvalue weighted by molar-refractivity contribution is 0.245. The number of sulfonamides is 1. The van der Waals surface area contributed by atoms with Gasteiger partial charge in [0.15, 0.2) is 0 Å². The number of primary amides is 1. The minimum absolute atomic E-state index is 0.0290. The average Bonchev–Trinajstić information content (AvgIpc) is 2.54. The van der Waals surface area contributed by atoms with Crippen LogP contribution in [0.5, 0.6) is 0 Å². The van der Waals surface area contributed by atoms with Crippen LogP contribution in [0.1, 0.15) is 0 Å². The van der Waals surface area contributed by atoms with E-state index in [1.165, 1.54) is 6.07 Å². The van der Waals surface area contributed by atoms with E-state index in [1.807, 2.05) is 0 Å². The molecule has 0 fully saturated rings. The molecule has 1 heterocycles. The highest BCUT2D eigenvalue weighted by Crippen LogP contribution is 2.21. The zero-order chi connectivity index (χ0) is 10.1. The van der Waals surface area contributed by atoms with E-state index in [2.05, 4.69) is 12.8 Å². The molecular formula is C5H6N2O3S3. The summed E-state index contributed by atoms with van der Waals surface area (Å²) in [6.45, 7) is 0. The lowest BCUT2D eigenvalue weighted by Gasteiger charge is -2.10. The van der Waals surface area contributed by atoms with Gasteiger partial charge in [-0.3, -0.25) is 0 Å². The number of carbonyl (C=O) groups excluding carboxylic acids is 1. The first-order chi connectivity index (χ1) is 5.96. The van der Waals surface area contributed by atoms with Crippen molar-refractivity contribution in [1.82, 2.24) is 3.71 Å². The van der Waals surface area contributed by atoms with Gasteiger partial charge < -0.3 is 5.73 Å². The fourth-order valence-corrected chi connectivity index (χ4v) is 3.03. The van der Waals surface area contributed by atoms with Gasteiger partial charge in [-0.25, -0.2) is 4.79 Å². The summed E-state index contributed by atoms with van der Waals surface area (Å²) in [4.78, 5) is 10.5. The normalized spacial score (nSPS) is 11.2. The van der Waals surface area contributed by atoms with Crippen molar-refractivity contribution in [3.05, 3.63) is 17.5 Å². The van der Waals surface area contributed by atoms with Gasteiger partial charge in [0.2, 0.25) is 0 Å². The lowest BCUT2D eigenvalue weighted by Crippen LogP contribution is -2.32. The Bertz CT molecular complexity index is 397. The number of thiol groups is 1. The number of nitrogens with zero attached hydrogens (tertiary/aromatic N) is 1. The molecule has 2 N–H and O–H groups in total. The third-order valence-electron chi connectivity index (χ3n) is 1.17. The first-order valence-electron chi connectivity index (χ1n) is 3.03. The van der Waals surface area contributed by atoms with Gasteiger partial charge in [0, 0.05) is 0 Å². The Hall–Kier alpha value is -0.730. The van der Waals surface area contributed by atoms with Crippen LogP contribution in [0.4, 0.5) is 4.79 Å². The molecule has 0 aliphatic heterocycles. The van der Waals surface area contributed by atoms with Gasteiger partial charge >= 0.3 is 6.03 Å². The molecule has 72 valence electrons. The molecule has 0 radical (unpaired) electrons. The summed E-state index contributed by atoms with van der Waals surface area (Å²) in [7, 11) is -3.85. The Kier molecular flexibility index (Phi) is 2.84. The topological polar surface area (TPSA) is 80.5 Å². The van der Waals surface area contributed by atoms with E-state index in [9.17, 15) is 13.2 Å². The number of hydrogen-bond acceptors (Lipinski definition) is 5. The van der Waals surface area contributed by atoms with E-state index in [1.54, 1.807) is 11.4 Å². The van der Waals surface area contributed by atoms with Crippen LogP contribution in [0.3, 0.4) is 0 Å². The van der Waals surface area contributed by atoms with Crippen molar-refractivity contribution in [2.75, 3.05) is 0 Å². The number of nitrogens with two attached hydrogens (primary N) is 1. The van der Waals surface area contributed by atoms with Crippen molar-refractivity contribution >= 4 is 40.2 Å². The van der Waals surface area contributed by atoms with Crippen LogP contribution in [-0.2, 0) is 10.0 Å². The van der Waals surface area contributed by atoms with Crippen LogP contribution < -0.4 is 5.73 Å². The van der Waals surface area contributed by atoms with Gasteiger partial charge in [-0.05, 0) is 24.3 Å². The molecule has 0 bridgehead atoms. The standard InChI is InChI=1S/C5H6N2O3S3/c6-5(8)7(11)13(9,10)4-2-1-3-12-4/h1-3,11H,(H2,6,8). The summed E-state index contributed by atoms with van der Waals surface area (Å²) in [5, 5.41) is 1.58. The van der Waals surface area contributed by atoms with Gasteiger partial charge in [0.25, 0.3) is 10.0 Å². The van der Waals surface area contributed by atoms with Crippen molar-refractivity contribution < 1.29 is 13.2 Å². The average molecular weight is 238 g/mol. The highest BCUT2D eigenvalue weighted by molar-refractivity contribution is 8.01. The summed E-state index contributed by atoms with van der Waals surface area (Å²) < 4.78 is 23.0. The van der Waals surface area contributed by atoms with Crippen LogP contribution in [0.2, 0.25) is 0 Å². The van der Waals surface area contributed by atoms with Gasteiger partial charge in [0.05, 0.1) is 0 Å². The summed E-state index contributed by atoms with van der Waals surface area (Å²) >= 11 is 4.46. The maximum absolute atomic E-state index is 11.4. The maximum Gasteiger partial charge on any atom is 0.339 e. The molecule has 2 amide bonds. The van der Waals surface area contributed by atoms with Gasteiger partial charge in [-0.2, -0.15) is 12.1 Å². The largest absolute Gasteiger partial charge is 0.350 e. The van der Waals surface area contributed by atoms with Gasteiger partial charge in [-0.15, -0.1) is 11.3 Å². The van der Waals surface area contributed by atoms with E-state index in [-0.39, 0.29) is 7.92 Å². The number of amides is 2. The predicted octanol–water partition coefficient (Wildman–Crippen LogP) is 0.662. The molecule has 0 saturated heterocycles. The summed E-state index contributed by atoms with van der Waals surface area (Å²) in [6, 6.07) is 1.79. The third kappa shape index (κ3) is 1.95. The van der Waals surface area contributed by atoms with Crippen LogP contribution in [-0.4, -0.2) is 18.2 Å². The Morgan fingerprint density at radius 2 is 2.23 bits per heavy atom. The molecule has 0 saturated carbocycles. The fraction of sp³-hybridized carbons (Fsp3) is 0. The van der Waals surface area contributed by atoms with E-state index < -0.39 is 16.1 Å². The summed E-state index contributed by atoms with van der Waals surface area (Å²) in [5.74, 6) is 0. The zero-order valence-corrected chi connectivity index (χ0v) is 8.77.